The third kappa shape index (κ3) is 5.78. The zero-order valence-electron chi connectivity index (χ0n) is 14.4. The van der Waals surface area contributed by atoms with Gasteiger partial charge in [-0.2, -0.15) is 5.26 Å². The Hall–Kier alpha value is -2.19. The van der Waals surface area contributed by atoms with Crippen molar-refractivity contribution in [2.75, 3.05) is 13.2 Å². The molecule has 0 atom stereocenters. The number of nitrogens with zero attached hydrogens (tertiary/aromatic N) is 1. The fourth-order valence-corrected chi connectivity index (χ4v) is 2.13. The van der Waals surface area contributed by atoms with Gasteiger partial charge in [0.2, 0.25) is 0 Å². The van der Waals surface area contributed by atoms with Crippen LogP contribution in [0.4, 0.5) is 0 Å². The van der Waals surface area contributed by atoms with Crippen LogP contribution in [0.5, 0.6) is 11.5 Å². The SMILES string of the molecule is CCCOc1c(Cl)cc(C=C(C#N)C(=O)OC(C)C)cc1OCC. The molecule has 1 aromatic rings. The molecule has 1 aromatic carbocycles. The van der Waals surface area contributed by atoms with E-state index >= 15 is 0 Å². The molecule has 0 aliphatic heterocycles. The maximum Gasteiger partial charge on any atom is 0.349 e. The molecule has 0 aromatic heterocycles. The summed E-state index contributed by atoms with van der Waals surface area (Å²) in [6.07, 6.45) is 1.95. The van der Waals surface area contributed by atoms with Crippen LogP contribution >= 0.6 is 11.6 Å². The van der Waals surface area contributed by atoms with Crippen LogP contribution in [0, 0.1) is 11.3 Å². The van der Waals surface area contributed by atoms with Crippen LogP contribution in [0.2, 0.25) is 5.02 Å². The summed E-state index contributed by atoms with van der Waals surface area (Å²) in [5.74, 6) is 0.257. The highest BCUT2D eigenvalue weighted by Crippen LogP contribution is 2.37. The largest absolute Gasteiger partial charge is 0.490 e. The predicted molar refractivity (Wildman–Crippen MR) is 93.2 cm³/mol. The summed E-state index contributed by atoms with van der Waals surface area (Å²) in [5.41, 5.74) is 0.453. The molecule has 0 amide bonds. The molecule has 5 nitrogen and oxygen atoms in total. The lowest BCUT2D eigenvalue weighted by Crippen LogP contribution is -2.12. The van der Waals surface area contributed by atoms with Crippen LogP contribution in [0.3, 0.4) is 0 Å². The number of ether oxygens (including phenoxy) is 3. The van der Waals surface area contributed by atoms with Gasteiger partial charge in [-0.1, -0.05) is 18.5 Å². The van der Waals surface area contributed by atoms with Gasteiger partial charge < -0.3 is 14.2 Å². The van der Waals surface area contributed by atoms with Gasteiger partial charge in [0.15, 0.2) is 11.5 Å². The molecule has 1 rings (SSSR count). The van der Waals surface area contributed by atoms with Crippen molar-refractivity contribution < 1.29 is 19.0 Å². The Balaban J connectivity index is 3.21. The van der Waals surface area contributed by atoms with E-state index in [-0.39, 0.29) is 11.7 Å². The second-order valence-electron chi connectivity index (χ2n) is 5.24. The average Bonchev–Trinajstić information content (AvgIpc) is 2.51. The van der Waals surface area contributed by atoms with Crippen molar-refractivity contribution in [1.29, 1.82) is 5.26 Å². The van der Waals surface area contributed by atoms with Crippen LogP contribution in [-0.4, -0.2) is 25.3 Å². The summed E-state index contributed by atoms with van der Waals surface area (Å²) < 4.78 is 16.2. The normalized spacial score (nSPS) is 11.1. The van der Waals surface area contributed by atoms with Crippen LogP contribution in [-0.2, 0) is 9.53 Å². The van der Waals surface area contributed by atoms with Gasteiger partial charge in [-0.25, -0.2) is 4.79 Å². The van der Waals surface area contributed by atoms with Crippen molar-refractivity contribution in [2.24, 2.45) is 0 Å². The van der Waals surface area contributed by atoms with Crippen molar-refractivity contribution >= 4 is 23.6 Å². The van der Waals surface area contributed by atoms with Gasteiger partial charge in [0.1, 0.15) is 11.6 Å². The standard InChI is InChI=1S/C18H22ClNO4/c1-5-7-23-17-15(19)9-13(10-16(17)22-6-2)8-14(11-20)18(21)24-12(3)4/h8-10,12H,5-7H2,1-4H3. The monoisotopic (exact) mass is 351 g/mol. The number of benzene rings is 1. The lowest BCUT2D eigenvalue weighted by atomic mass is 10.1. The molecule has 0 spiro atoms. The molecule has 24 heavy (non-hydrogen) atoms. The van der Waals surface area contributed by atoms with E-state index in [1.165, 1.54) is 6.08 Å². The molecule has 0 fully saturated rings. The number of esters is 1. The van der Waals surface area contributed by atoms with Gasteiger partial charge in [0, 0.05) is 0 Å². The molecule has 0 unspecified atom stereocenters. The lowest BCUT2D eigenvalue weighted by Gasteiger charge is -2.14. The molecular weight excluding hydrogens is 330 g/mol. The number of hydrogen-bond acceptors (Lipinski definition) is 5. The third-order valence-electron chi connectivity index (χ3n) is 2.78. The van der Waals surface area contributed by atoms with Crippen molar-refractivity contribution in [1.82, 2.24) is 0 Å². The zero-order valence-corrected chi connectivity index (χ0v) is 15.1. The molecule has 0 aliphatic carbocycles. The van der Waals surface area contributed by atoms with Gasteiger partial charge >= 0.3 is 5.97 Å². The molecule has 0 radical (unpaired) electrons. The van der Waals surface area contributed by atoms with Crippen LogP contribution in [0.15, 0.2) is 17.7 Å². The van der Waals surface area contributed by atoms with Crippen LogP contribution < -0.4 is 9.47 Å². The van der Waals surface area contributed by atoms with E-state index in [1.54, 1.807) is 26.0 Å². The number of halogens is 1. The minimum atomic E-state index is -0.673. The van der Waals surface area contributed by atoms with E-state index in [4.69, 9.17) is 25.8 Å². The second kappa shape index (κ2) is 9.84. The number of rotatable bonds is 8. The maximum absolute atomic E-state index is 11.9. The van der Waals surface area contributed by atoms with Gasteiger partial charge in [0.05, 0.1) is 24.3 Å². The molecule has 0 saturated carbocycles. The first-order chi connectivity index (χ1) is 11.4. The number of carbonyl (C=O) groups is 1. The Bertz CT molecular complexity index is 647. The highest BCUT2D eigenvalue weighted by atomic mass is 35.5. The van der Waals surface area contributed by atoms with E-state index in [0.29, 0.717) is 35.3 Å². The van der Waals surface area contributed by atoms with E-state index in [9.17, 15) is 10.1 Å². The smallest absolute Gasteiger partial charge is 0.349 e. The molecule has 0 N–H and O–H groups in total. The summed E-state index contributed by atoms with van der Waals surface area (Å²) in [5, 5.41) is 9.53. The first-order valence-electron chi connectivity index (χ1n) is 7.84. The van der Waals surface area contributed by atoms with Crippen LogP contribution in [0.25, 0.3) is 6.08 Å². The lowest BCUT2D eigenvalue weighted by molar-refractivity contribution is -0.142. The Labute approximate surface area is 147 Å². The van der Waals surface area contributed by atoms with Crippen molar-refractivity contribution in [3.05, 3.63) is 28.3 Å². The van der Waals surface area contributed by atoms with Crippen LogP contribution in [0.1, 0.15) is 39.7 Å². The fraction of sp³-hybridized carbons (Fsp3) is 0.444. The first kappa shape index (κ1) is 19.9. The van der Waals surface area contributed by atoms with E-state index in [2.05, 4.69) is 0 Å². The highest BCUT2D eigenvalue weighted by molar-refractivity contribution is 6.32. The predicted octanol–water partition coefficient (Wildman–Crippen LogP) is 4.39. The molecule has 0 heterocycles. The molecule has 6 heteroatoms. The average molecular weight is 352 g/mol. The Morgan fingerprint density at radius 3 is 2.58 bits per heavy atom. The van der Waals surface area contributed by atoms with Gasteiger partial charge in [0.25, 0.3) is 0 Å². The van der Waals surface area contributed by atoms with E-state index < -0.39 is 5.97 Å². The van der Waals surface area contributed by atoms with Crippen molar-refractivity contribution in [3.8, 4) is 17.6 Å². The molecule has 130 valence electrons. The van der Waals surface area contributed by atoms with Crippen molar-refractivity contribution in [3.63, 3.8) is 0 Å². The number of nitriles is 1. The number of hydrogen-bond donors (Lipinski definition) is 0. The van der Waals surface area contributed by atoms with Gasteiger partial charge in [-0.15, -0.1) is 0 Å². The highest BCUT2D eigenvalue weighted by Gasteiger charge is 2.15. The Kier molecular flexibility index (Phi) is 8.14. The number of carbonyl (C=O) groups excluding carboxylic acids is 1. The van der Waals surface area contributed by atoms with Gasteiger partial charge in [-0.3, -0.25) is 0 Å². The quantitative estimate of drug-likeness (QED) is 0.395. The molecular formula is C18H22ClNO4. The Morgan fingerprint density at radius 2 is 2.04 bits per heavy atom. The molecule has 0 saturated heterocycles. The second-order valence-corrected chi connectivity index (χ2v) is 5.64. The summed E-state index contributed by atoms with van der Waals surface area (Å²) in [4.78, 5) is 11.9. The fourth-order valence-electron chi connectivity index (χ4n) is 1.86. The van der Waals surface area contributed by atoms with E-state index in [0.717, 1.165) is 6.42 Å². The van der Waals surface area contributed by atoms with Crippen molar-refractivity contribution in [2.45, 2.75) is 40.2 Å². The topological polar surface area (TPSA) is 68.5 Å². The zero-order chi connectivity index (χ0) is 18.1. The minimum Gasteiger partial charge on any atom is -0.490 e. The summed E-state index contributed by atoms with van der Waals surface area (Å²) in [7, 11) is 0. The van der Waals surface area contributed by atoms with E-state index in [1.807, 2.05) is 19.9 Å². The Morgan fingerprint density at radius 1 is 1.33 bits per heavy atom. The summed E-state index contributed by atoms with van der Waals surface area (Å²) in [6, 6.07) is 5.15. The summed E-state index contributed by atoms with van der Waals surface area (Å²) >= 11 is 6.26. The minimum absolute atomic E-state index is 0.107. The first-order valence-corrected chi connectivity index (χ1v) is 8.22. The van der Waals surface area contributed by atoms with Gasteiger partial charge in [-0.05, 0) is 51.0 Å². The molecule has 0 bridgehead atoms. The third-order valence-corrected chi connectivity index (χ3v) is 3.06. The molecule has 0 aliphatic rings. The summed E-state index contributed by atoms with van der Waals surface area (Å²) in [6.45, 7) is 8.23. The maximum atomic E-state index is 11.9.